The number of ether oxygens (including phenoxy) is 1. The van der Waals surface area contributed by atoms with E-state index in [1.807, 2.05) is 13.0 Å². The minimum Gasteiger partial charge on any atom is -0.493 e. The van der Waals surface area contributed by atoms with E-state index in [0.717, 1.165) is 37.0 Å². The number of carbonyl (C=O) groups excluding carboxylic acids is 1. The lowest BCUT2D eigenvalue weighted by molar-refractivity contribution is 0.1000. The van der Waals surface area contributed by atoms with Gasteiger partial charge in [-0.05, 0) is 49.4 Å². The number of carbonyl (C=O) groups is 1. The minimum absolute atomic E-state index is 0.151. The average Bonchev–Trinajstić information content (AvgIpc) is 2.71. The number of nitrogens with zero attached hydrogens (tertiary/aromatic N) is 2. The second kappa shape index (κ2) is 11.5. The van der Waals surface area contributed by atoms with E-state index < -0.39 is 5.91 Å². The molecule has 3 N–H and O–H groups in total. The van der Waals surface area contributed by atoms with Crippen LogP contribution >= 0.6 is 11.6 Å². The number of benzene rings is 1. The van der Waals surface area contributed by atoms with Gasteiger partial charge < -0.3 is 15.8 Å². The van der Waals surface area contributed by atoms with Crippen LogP contribution in [0.1, 0.15) is 55.5 Å². The van der Waals surface area contributed by atoms with E-state index in [-0.39, 0.29) is 10.6 Å². The van der Waals surface area contributed by atoms with Crippen LogP contribution in [0.15, 0.2) is 29.2 Å². The summed E-state index contributed by atoms with van der Waals surface area (Å²) in [6.07, 6.45) is 5.99. The van der Waals surface area contributed by atoms with E-state index >= 15 is 0 Å². The number of unbranched alkanes of at least 4 members (excludes halogenated alkanes) is 1. The van der Waals surface area contributed by atoms with Crippen LogP contribution in [0, 0.1) is 0 Å². The zero-order valence-corrected chi connectivity index (χ0v) is 17.8. The Kier molecular flexibility index (Phi) is 8.99. The molecule has 2 aromatic rings. The van der Waals surface area contributed by atoms with Gasteiger partial charge >= 0.3 is 0 Å². The van der Waals surface area contributed by atoms with Gasteiger partial charge in [0.1, 0.15) is 10.8 Å². The number of primary amides is 1. The Morgan fingerprint density at radius 2 is 2.07 bits per heavy atom. The van der Waals surface area contributed by atoms with E-state index in [4.69, 9.17) is 22.1 Å². The number of anilines is 1. The SMILES string of the molecule is CCCCc1cc(C(N)=O)ccc1OCCCNc1cnn(CCC)c(=O)c1Cl. The molecule has 0 atom stereocenters. The normalized spacial score (nSPS) is 10.7. The second-order valence-electron chi connectivity index (χ2n) is 6.82. The molecule has 2 rings (SSSR count). The fourth-order valence-corrected chi connectivity index (χ4v) is 3.09. The molecular weight excluding hydrogens is 392 g/mol. The molecule has 0 bridgehead atoms. The molecule has 0 aliphatic carbocycles. The molecule has 29 heavy (non-hydrogen) atoms. The molecule has 0 saturated carbocycles. The number of amides is 1. The molecule has 1 aromatic carbocycles. The van der Waals surface area contributed by atoms with E-state index in [0.29, 0.717) is 37.4 Å². The number of aryl methyl sites for hydroxylation is 2. The number of halogens is 1. The number of rotatable bonds is 12. The van der Waals surface area contributed by atoms with E-state index in [1.54, 1.807) is 18.3 Å². The van der Waals surface area contributed by atoms with Crippen LogP contribution in [0.2, 0.25) is 5.02 Å². The fraction of sp³-hybridized carbons (Fsp3) is 0.476. The molecule has 158 valence electrons. The van der Waals surface area contributed by atoms with Crippen molar-refractivity contribution in [3.8, 4) is 5.75 Å². The smallest absolute Gasteiger partial charge is 0.287 e. The molecule has 7 nitrogen and oxygen atoms in total. The van der Waals surface area contributed by atoms with Crippen molar-refractivity contribution in [1.82, 2.24) is 9.78 Å². The zero-order valence-electron chi connectivity index (χ0n) is 17.0. The Labute approximate surface area is 176 Å². The van der Waals surface area contributed by atoms with Crippen molar-refractivity contribution in [1.29, 1.82) is 0 Å². The van der Waals surface area contributed by atoms with E-state index in [9.17, 15) is 9.59 Å². The fourth-order valence-electron chi connectivity index (χ4n) is 2.87. The molecule has 0 unspecified atom stereocenters. The van der Waals surface area contributed by atoms with Crippen molar-refractivity contribution in [2.24, 2.45) is 5.73 Å². The highest BCUT2D eigenvalue weighted by Crippen LogP contribution is 2.23. The summed E-state index contributed by atoms with van der Waals surface area (Å²) >= 11 is 6.15. The summed E-state index contributed by atoms with van der Waals surface area (Å²) < 4.78 is 7.27. The Morgan fingerprint density at radius 3 is 2.76 bits per heavy atom. The van der Waals surface area contributed by atoms with Crippen LogP contribution < -0.4 is 21.3 Å². The summed E-state index contributed by atoms with van der Waals surface area (Å²) in [5.41, 5.74) is 7.10. The summed E-state index contributed by atoms with van der Waals surface area (Å²) in [6, 6.07) is 5.29. The first-order valence-corrected chi connectivity index (χ1v) is 10.4. The van der Waals surface area contributed by atoms with Crippen molar-refractivity contribution < 1.29 is 9.53 Å². The molecular formula is C21H29ClN4O3. The third kappa shape index (κ3) is 6.49. The summed E-state index contributed by atoms with van der Waals surface area (Å²) in [7, 11) is 0. The average molecular weight is 421 g/mol. The first kappa shape index (κ1) is 22.7. The van der Waals surface area contributed by atoms with Crippen LogP contribution in [-0.2, 0) is 13.0 Å². The lowest BCUT2D eigenvalue weighted by Crippen LogP contribution is -2.24. The number of hydrogen-bond acceptors (Lipinski definition) is 5. The van der Waals surface area contributed by atoms with Gasteiger partial charge in [-0.15, -0.1) is 0 Å². The van der Waals surface area contributed by atoms with Crippen LogP contribution in [0.5, 0.6) is 5.75 Å². The highest BCUT2D eigenvalue weighted by Gasteiger charge is 2.10. The van der Waals surface area contributed by atoms with Gasteiger partial charge in [0.05, 0.1) is 18.5 Å². The summed E-state index contributed by atoms with van der Waals surface area (Å²) in [5, 5.41) is 7.41. The van der Waals surface area contributed by atoms with Gasteiger partial charge in [-0.1, -0.05) is 31.9 Å². The maximum Gasteiger partial charge on any atom is 0.287 e. The highest BCUT2D eigenvalue weighted by atomic mass is 35.5. The van der Waals surface area contributed by atoms with Crippen molar-refractivity contribution in [2.45, 2.75) is 52.5 Å². The zero-order chi connectivity index (χ0) is 21.2. The molecule has 0 spiro atoms. The monoisotopic (exact) mass is 420 g/mol. The second-order valence-corrected chi connectivity index (χ2v) is 7.20. The summed E-state index contributed by atoms with van der Waals surface area (Å²) in [4.78, 5) is 23.5. The predicted molar refractivity (Wildman–Crippen MR) is 116 cm³/mol. The predicted octanol–water partition coefficient (Wildman–Crippen LogP) is 3.63. The number of aromatic nitrogens is 2. The Balaban J connectivity index is 1.90. The van der Waals surface area contributed by atoms with Gasteiger partial charge in [0.25, 0.3) is 5.56 Å². The van der Waals surface area contributed by atoms with Crippen LogP contribution in [0.3, 0.4) is 0 Å². The number of hydrogen-bond donors (Lipinski definition) is 2. The van der Waals surface area contributed by atoms with Gasteiger partial charge in [-0.3, -0.25) is 9.59 Å². The third-order valence-electron chi connectivity index (χ3n) is 4.46. The largest absolute Gasteiger partial charge is 0.493 e. The Bertz CT molecular complexity index is 883. The maximum absolute atomic E-state index is 12.1. The Hall–Kier alpha value is -2.54. The Morgan fingerprint density at radius 1 is 1.28 bits per heavy atom. The van der Waals surface area contributed by atoms with Gasteiger partial charge in [0.15, 0.2) is 0 Å². The number of nitrogens with two attached hydrogens (primary N) is 1. The summed E-state index contributed by atoms with van der Waals surface area (Å²) in [6.45, 7) is 5.71. The van der Waals surface area contributed by atoms with Crippen molar-refractivity contribution in [3.05, 3.63) is 50.9 Å². The van der Waals surface area contributed by atoms with Crippen molar-refractivity contribution in [2.75, 3.05) is 18.5 Å². The molecule has 8 heteroatoms. The molecule has 0 radical (unpaired) electrons. The minimum atomic E-state index is -0.440. The molecule has 0 aliphatic rings. The first-order valence-electron chi connectivity index (χ1n) is 10.0. The molecule has 1 amide bonds. The van der Waals surface area contributed by atoms with Gasteiger partial charge in [0, 0.05) is 18.7 Å². The van der Waals surface area contributed by atoms with Crippen molar-refractivity contribution in [3.63, 3.8) is 0 Å². The van der Waals surface area contributed by atoms with Crippen LogP contribution in [-0.4, -0.2) is 28.8 Å². The van der Waals surface area contributed by atoms with Gasteiger partial charge in [0.2, 0.25) is 5.91 Å². The first-order chi connectivity index (χ1) is 14.0. The number of nitrogens with one attached hydrogen (secondary N) is 1. The highest BCUT2D eigenvalue weighted by molar-refractivity contribution is 6.32. The van der Waals surface area contributed by atoms with Crippen molar-refractivity contribution >= 4 is 23.2 Å². The van der Waals surface area contributed by atoms with E-state index in [2.05, 4.69) is 17.3 Å². The topological polar surface area (TPSA) is 99.2 Å². The molecule has 0 saturated heterocycles. The quantitative estimate of drug-likeness (QED) is 0.511. The molecule has 1 aromatic heterocycles. The van der Waals surface area contributed by atoms with E-state index in [1.165, 1.54) is 4.68 Å². The lowest BCUT2D eigenvalue weighted by Gasteiger charge is -2.13. The molecule has 0 aliphatic heterocycles. The summed E-state index contributed by atoms with van der Waals surface area (Å²) in [5.74, 6) is 0.329. The van der Waals surface area contributed by atoms with Gasteiger partial charge in [-0.2, -0.15) is 5.10 Å². The standard InChI is InChI=1S/C21H29ClN4O3/c1-3-5-7-15-13-16(20(23)27)8-9-18(15)29-12-6-10-24-17-14-25-26(11-4-2)21(28)19(17)22/h8-9,13-14,24H,3-7,10-12H2,1-2H3,(H2,23,27). The molecule has 0 fully saturated rings. The van der Waals surface area contributed by atoms with Crippen LogP contribution in [0.25, 0.3) is 0 Å². The van der Waals surface area contributed by atoms with Gasteiger partial charge in [-0.25, -0.2) is 4.68 Å². The van der Waals surface area contributed by atoms with Crippen LogP contribution in [0.4, 0.5) is 5.69 Å². The lowest BCUT2D eigenvalue weighted by atomic mass is 10.0. The third-order valence-corrected chi connectivity index (χ3v) is 4.82. The molecule has 1 heterocycles. The maximum atomic E-state index is 12.1.